The smallest absolute Gasteiger partial charge is 0.312 e. The van der Waals surface area contributed by atoms with Gasteiger partial charge in [0.25, 0.3) is 0 Å². The molecule has 140 valence electrons. The fourth-order valence-corrected chi connectivity index (χ4v) is 4.15. The minimum atomic E-state index is -0.351. The van der Waals surface area contributed by atoms with Crippen LogP contribution in [-0.2, 0) is 6.54 Å². The van der Waals surface area contributed by atoms with Crippen LogP contribution in [0.1, 0.15) is 22.6 Å². The van der Waals surface area contributed by atoms with E-state index in [1.807, 2.05) is 36.5 Å². The Kier molecular flexibility index (Phi) is 4.23. The highest BCUT2D eigenvalue weighted by Gasteiger charge is 2.22. The van der Waals surface area contributed by atoms with Crippen molar-refractivity contribution in [3.63, 3.8) is 0 Å². The summed E-state index contributed by atoms with van der Waals surface area (Å²) >= 11 is 12.3. The van der Waals surface area contributed by atoms with Crippen LogP contribution in [0.25, 0.3) is 16.8 Å². The van der Waals surface area contributed by atoms with Gasteiger partial charge in [-0.2, -0.15) is 4.98 Å². The van der Waals surface area contributed by atoms with Crippen molar-refractivity contribution in [1.29, 1.82) is 0 Å². The van der Waals surface area contributed by atoms with E-state index in [2.05, 4.69) is 33.6 Å². The molecule has 0 radical (unpaired) electrons. The lowest BCUT2D eigenvalue weighted by atomic mass is 9.84. The molecule has 0 saturated carbocycles. The summed E-state index contributed by atoms with van der Waals surface area (Å²) in [6.45, 7) is 1.66. The highest BCUT2D eigenvalue weighted by Crippen LogP contribution is 2.35. The second-order valence-electron chi connectivity index (χ2n) is 6.95. The highest BCUT2D eigenvalue weighted by atomic mass is 35.5. The molecule has 7 heteroatoms. The summed E-state index contributed by atoms with van der Waals surface area (Å²) in [7, 11) is 0. The van der Waals surface area contributed by atoms with Crippen molar-refractivity contribution < 1.29 is 0 Å². The van der Waals surface area contributed by atoms with Crippen molar-refractivity contribution in [2.24, 2.45) is 0 Å². The molecule has 2 aromatic heterocycles. The molecule has 0 saturated heterocycles. The Labute approximate surface area is 170 Å². The average molecular weight is 411 g/mol. The molecule has 28 heavy (non-hydrogen) atoms. The Bertz CT molecular complexity index is 1260. The van der Waals surface area contributed by atoms with Crippen molar-refractivity contribution in [2.75, 3.05) is 6.54 Å². The average Bonchev–Trinajstić information content (AvgIpc) is 3.08. The summed E-state index contributed by atoms with van der Waals surface area (Å²) in [5.41, 5.74) is 6.04. The number of aromatic amines is 1. The van der Waals surface area contributed by atoms with Gasteiger partial charge in [-0.1, -0.05) is 41.4 Å². The van der Waals surface area contributed by atoms with Gasteiger partial charge in [0.15, 0.2) is 5.65 Å². The van der Waals surface area contributed by atoms with Crippen molar-refractivity contribution in [3.8, 4) is 11.1 Å². The largest absolute Gasteiger partial charge is 0.362 e. The van der Waals surface area contributed by atoms with Gasteiger partial charge in [-0.3, -0.25) is 0 Å². The number of hydrogen-bond donors (Lipinski definition) is 2. The Morgan fingerprint density at radius 2 is 1.86 bits per heavy atom. The molecule has 0 bridgehead atoms. The monoisotopic (exact) mass is 410 g/mol. The van der Waals surface area contributed by atoms with Crippen LogP contribution in [0.4, 0.5) is 0 Å². The van der Waals surface area contributed by atoms with E-state index in [1.165, 1.54) is 11.1 Å². The number of pyridine rings is 1. The molecule has 0 amide bonds. The number of hydrogen-bond acceptors (Lipinski definition) is 3. The van der Waals surface area contributed by atoms with Gasteiger partial charge in [0, 0.05) is 30.8 Å². The lowest BCUT2D eigenvalue weighted by Gasteiger charge is -2.27. The van der Waals surface area contributed by atoms with Crippen LogP contribution in [0, 0.1) is 0 Å². The first kappa shape index (κ1) is 17.5. The molecule has 0 fully saturated rings. The number of rotatable bonds is 2. The van der Waals surface area contributed by atoms with E-state index in [1.54, 1.807) is 4.52 Å². The first-order chi connectivity index (χ1) is 13.6. The second-order valence-corrected chi connectivity index (χ2v) is 7.76. The molecule has 2 N–H and O–H groups in total. The van der Waals surface area contributed by atoms with Crippen LogP contribution in [0.5, 0.6) is 0 Å². The number of benzene rings is 2. The number of nitrogens with one attached hydrogen (secondary N) is 2. The standard InChI is InChI=1S/C21H16Cl2N4O/c22-18-5-2-13(8-19(18)23)17-10-24-9-15-7-12(1-4-16(15)17)14-3-6-20-25-21(28)26-27(20)11-14/h1-8,11,17,24H,9-10H2,(H,26,28). The third-order valence-electron chi connectivity index (χ3n) is 5.22. The van der Waals surface area contributed by atoms with Gasteiger partial charge >= 0.3 is 5.69 Å². The number of aromatic nitrogens is 3. The maximum absolute atomic E-state index is 11.4. The lowest BCUT2D eigenvalue weighted by molar-refractivity contribution is 0.591. The SMILES string of the molecule is O=c1nc2ccc(-c3ccc4c(c3)CNCC4c3ccc(Cl)c(Cl)c3)cn2[nH]1. The number of fused-ring (bicyclic) bond motifs is 2. The summed E-state index contributed by atoms with van der Waals surface area (Å²) < 4.78 is 1.65. The van der Waals surface area contributed by atoms with Crippen molar-refractivity contribution in [2.45, 2.75) is 12.5 Å². The number of nitrogens with zero attached hydrogens (tertiary/aromatic N) is 2. The molecule has 3 heterocycles. The summed E-state index contributed by atoms with van der Waals surface area (Å²) in [6.07, 6.45) is 1.89. The topological polar surface area (TPSA) is 62.2 Å². The molecule has 0 aliphatic carbocycles. The molecular weight excluding hydrogens is 395 g/mol. The minimum absolute atomic E-state index is 0.222. The maximum atomic E-state index is 11.4. The van der Waals surface area contributed by atoms with Gasteiger partial charge < -0.3 is 5.32 Å². The summed E-state index contributed by atoms with van der Waals surface area (Å²) in [6, 6.07) is 16.1. The maximum Gasteiger partial charge on any atom is 0.362 e. The molecule has 5 rings (SSSR count). The first-order valence-corrected chi connectivity index (χ1v) is 9.71. The third kappa shape index (κ3) is 3.02. The molecule has 1 aliphatic heterocycles. The van der Waals surface area contributed by atoms with E-state index in [0.29, 0.717) is 15.7 Å². The normalized spacial score (nSPS) is 16.3. The van der Waals surface area contributed by atoms with Gasteiger partial charge in [-0.05, 0) is 52.6 Å². The number of H-pyrrole nitrogens is 1. The Hall–Kier alpha value is -2.60. The molecule has 1 aliphatic rings. The van der Waals surface area contributed by atoms with E-state index in [-0.39, 0.29) is 11.6 Å². The van der Waals surface area contributed by atoms with Crippen molar-refractivity contribution in [1.82, 2.24) is 19.9 Å². The zero-order chi connectivity index (χ0) is 19.3. The zero-order valence-corrected chi connectivity index (χ0v) is 16.3. The predicted molar refractivity (Wildman–Crippen MR) is 111 cm³/mol. The molecular formula is C21H16Cl2N4O. The Balaban J connectivity index is 1.55. The summed E-state index contributed by atoms with van der Waals surface area (Å²) in [4.78, 5) is 15.3. The molecule has 0 spiro atoms. The Morgan fingerprint density at radius 1 is 1.00 bits per heavy atom. The van der Waals surface area contributed by atoms with Gasteiger partial charge in [0.05, 0.1) is 10.0 Å². The third-order valence-corrected chi connectivity index (χ3v) is 5.96. The highest BCUT2D eigenvalue weighted by molar-refractivity contribution is 6.42. The van der Waals surface area contributed by atoms with Crippen LogP contribution in [0.3, 0.4) is 0 Å². The fraction of sp³-hybridized carbons (Fsp3) is 0.143. The Morgan fingerprint density at radius 3 is 2.71 bits per heavy atom. The summed E-state index contributed by atoms with van der Waals surface area (Å²) in [5.74, 6) is 0.222. The van der Waals surface area contributed by atoms with E-state index in [9.17, 15) is 4.79 Å². The van der Waals surface area contributed by atoms with Gasteiger partial charge in [-0.15, -0.1) is 0 Å². The van der Waals surface area contributed by atoms with Gasteiger partial charge in [0.2, 0.25) is 0 Å². The van der Waals surface area contributed by atoms with Crippen LogP contribution in [-0.4, -0.2) is 21.1 Å². The van der Waals surface area contributed by atoms with E-state index < -0.39 is 0 Å². The molecule has 4 aromatic rings. The van der Waals surface area contributed by atoms with Gasteiger partial charge in [-0.25, -0.2) is 14.4 Å². The minimum Gasteiger partial charge on any atom is -0.312 e. The van der Waals surface area contributed by atoms with Crippen molar-refractivity contribution in [3.05, 3.63) is 91.9 Å². The van der Waals surface area contributed by atoms with Crippen LogP contribution >= 0.6 is 23.2 Å². The molecule has 2 aromatic carbocycles. The lowest BCUT2D eigenvalue weighted by Crippen LogP contribution is -2.28. The molecule has 1 atom stereocenters. The van der Waals surface area contributed by atoms with Crippen LogP contribution in [0.2, 0.25) is 10.0 Å². The quantitative estimate of drug-likeness (QED) is 0.519. The fourth-order valence-electron chi connectivity index (χ4n) is 3.84. The first-order valence-electron chi connectivity index (χ1n) is 8.96. The van der Waals surface area contributed by atoms with E-state index in [0.717, 1.165) is 29.8 Å². The van der Waals surface area contributed by atoms with E-state index >= 15 is 0 Å². The van der Waals surface area contributed by atoms with Crippen molar-refractivity contribution >= 4 is 28.8 Å². The summed E-state index contributed by atoms with van der Waals surface area (Å²) in [5, 5.41) is 7.32. The zero-order valence-electron chi connectivity index (χ0n) is 14.7. The van der Waals surface area contributed by atoms with Crippen LogP contribution in [0.15, 0.2) is 59.5 Å². The van der Waals surface area contributed by atoms with Crippen LogP contribution < -0.4 is 11.0 Å². The van der Waals surface area contributed by atoms with E-state index in [4.69, 9.17) is 23.2 Å². The predicted octanol–water partition coefficient (Wildman–Crippen LogP) is 4.23. The van der Waals surface area contributed by atoms with Gasteiger partial charge in [0.1, 0.15) is 0 Å². The second kappa shape index (κ2) is 6.78. The number of halogens is 2. The molecule has 5 nitrogen and oxygen atoms in total. The molecule has 1 unspecified atom stereocenters.